The number of ether oxygens (including phenoxy) is 2. The summed E-state index contributed by atoms with van der Waals surface area (Å²) in [4.78, 5) is 27.3. The lowest BCUT2D eigenvalue weighted by Crippen LogP contribution is -2.00. The molecule has 0 atom stereocenters. The van der Waals surface area contributed by atoms with Gasteiger partial charge >= 0.3 is 0 Å². The average Bonchev–Trinajstić information content (AvgIpc) is 3.92. The van der Waals surface area contributed by atoms with Gasteiger partial charge < -0.3 is 9.47 Å². The highest BCUT2D eigenvalue weighted by Gasteiger charge is 2.19. The van der Waals surface area contributed by atoms with Crippen LogP contribution >= 0.6 is 0 Å². The van der Waals surface area contributed by atoms with Crippen LogP contribution in [0, 0.1) is 0 Å². The number of aromatic nitrogens is 9. The molecule has 59 heavy (non-hydrogen) atoms. The second-order valence-corrected chi connectivity index (χ2v) is 14.1. The van der Waals surface area contributed by atoms with E-state index in [4.69, 9.17) is 9.47 Å². The summed E-state index contributed by atoms with van der Waals surface area (Å²) in [7, 11) is 0. The van der Waals surface area contributed by atoms with Gasteiger partial charge in [0, 0.05) is 93.8 Å². The Kier molecular flexibility index (Phi) is 7.26. The van der Waals surface area contributed by atoms with Crippen molar-refractivity contribution in [1.82, 2.24) is 43.6 Å². The maximum atomic E-state index is 6.63. The second-order valence-electron chi connectivity index (χ2n) is 14.1. The first-order valence-electron chi connectivity index (χ1n) is 19.1. The molecule has 0 saturated heterocycles. The molecular weight excluding hydrogens is 735 g/mol. The zero-order chi connectivity index (χ0) is 38.9. The third kappa shape index (κ3) is 5.29. The highest BCUT2D eigenvalue weighted by atomic mass is 16.5. The van der Waals surface area contributed by atoms with Gasteiger partial charge in [0.1, 0.15) is 23.0 Å². The van der Waals surface area contributed by atoms with E-state index < -0.39 is 0 Å². The number of hydrogen-bond donors (Lipinski definition) is 0. The van der Waals surface area contributed by atoms with Crippen LogP contribution in [0.5, 0.6) is 23.0 Å². The van der Waals surface area contributed by atoms with Crippen LogP contribution in [0.3, 0.4) is 0 Å². The summed E-state index contributed by atoms with van der Waals surface area (Å²) in [5.74, 6) is 4.72. The maximum absolute atomic E-state index is 6.63. The SMILES string of the molecule is c1cnc(-n2c3cc(Oc4ccc5c6ccccc6n(-c6cnccn6)c5c4)ccc3c3ccc(Oc4ccc5c6ccccc6n(-c6cnccn6)c5c4)cc32)nc1. The van der Waals surface area contributed by atoms with Crippen molar-refractivity contribution in [3.8, 4) is 40.6 Å². The molecule has 0 unspecified atom stereocenters. The minimum atomic E-state index is 0.534. The van der Waals surface area contributed by atoms with Gasteiger partial charge in [-0.1, -0.05) is 36.4 Å². The molecule has 0 saturated carbocycles. The van der Waals surface area contributed by atoms with E-state index in [1.165, 1.54) is 0 Å². The third-order valence-electron chi connectivity index (χ3n) is 10.8. The molecule has 0 aliphatic carbocycles. The maximum Gasteiger partial charge on any atom is 0.234 e. The normalized spacial score (nSPS) is 11.7. The molecule has 6 heterocycles. The smallest absolute Gasteiger partial charge is 0.234 e. The lowest BCUT2D eigenvalue weighted by molar-refractivity contribution is 0.484. The Morgan fingerprint density at radius 3 is 1.12 bits per heavy atom. The number of para-hydroxylation sites is 2. The number of fused-ring (bicyclic) bond motifs is 9. The molecule has 0 N–H and O–H groups in total. The van der Waals surface area contributed by atoms with Crippen molar-refractivity contribution in [2.45, 2.75) is 0 Å². The summed E-state index contributed by atoms with van der Waals surface area (Å²) in [5.41, 5.74) is 5.82. The minimum absolute atomic E-state index is 0.534. The second kappa shape index (κ2) is 13.1. The molecule has 0 spiro atoms. The van der Waals surface area contributed by atoms with E-state index >= 15 is 0 Å². The Balaban J connectivity index is 0.955. The molecule has 6 aromatic carbocycles. The van der Waals surface area contributed by atoms with Gasteiger partial charge in [-0.25, -0.2) is 19.9 Å². The van der Waals surface area contributed by atoms with Crippen LogP contribution < -0.4 is 9.47 Å². The molecule has 0 amide bonds. The molecule has 12 rings (SSSR count). The summed E-state index contributed by atoms with van der Waals surface area (Å²) >= 11 is 0. The molecule has 0 aliphatic rings. The van der Waals surface area contributed by atoms with Crippen LogP contribution in [0.2, 0.25) is 0 Å². The fourth-order valence-corrected chi connectivity index (χ4v) is 8.33. The van der Waals surface area contributed by atoms with Crippen molar-refractivity contribution in [2.75, 3.05) is 0 Å². The average molecular weight is 764 g/mol. The summed E-state index contributed by atoms with van der Waals surface area (Å²) < 4.78 is 19.5. The van der Waals surface area contributed by atoms with E-state index in [0.717, 1.165) is 77.1 Å². The van der Waals surface area contributed by atoms with Crippen molar-refractivity contribution < 1.29 is 9.47 Å². The zero-order valence-electron chi connectivity index (χ0n) is 31.1. The Bertz CT molecular complexity index is 3350. The Hall–Kier alpha value is -8.44. The number of nitrogens with zero attached hydrogens (tertiary/aromatic N) is 9. The number of rotatable bonds is 7. The van der Waals surface area contributed by atoms with Gasteiger partial charge in [0.05, 0.1) is 45.5 Å². The predicted molar refractivity (Wildman–Crippen MR) is 229 cm³/mol. The molecule has 0 radical (unpaired) electrons. The Labute approximate surface area is 335 Å². The van der Waals surface area contributed by atoms with Gasteiger partial charge in [0.2, 0.25) is 5.95 Å². The number of hydrogen-bond acceptors (Lipinski definition) is 8. The topological polar surface area (TPSA) is 111 Å². The lowest BCUT2D eigenvalue weighted by Gasteiger charge is -2.10. The van der Waals surface area contributed by atoms with E-state index in [2.05, 4.69) is 116 Å². The van der Waals surface area contributed by atoms with E-state index in [1.54, 1.807) is 49.6 Å². The fourth-order valence-electron chi connectivity index (χ4n) is 8.33. The van der Waals surface area contributed by atoms with Crippen molar-refractivity contribution in [3.05, 3.63) is 177 Å². The highest BCUT2D eigenvalue weighted by Crippen LogP contribution is 2.40. The molecule has 0 aliphatic heterocycles. The van der Waals surface area contributed by atoms with Crippen LogP contribution in [0.4, 0.5) is 0 Å². The van der Waals surface area contributed by atoms with E-state index in [0.29, 0.717) is 28.9 Å². The van der Waals surface area contributed by atoms with Gasteiger partial charge in [-0.15, -0.1) is 0 Å². The summed E-state index contributed by atoms with van der Waals surface area (Å²) in [6, 6.07) is 43.0. The molecule has 11 heteroatoms. The Morgan fingerprint density at radius 2 is 0.712 bits per heavy atom. The summed E-state index contributed by atoms with van der Waals surface area (Å²) in [5, 5.41) is 6.51. The van der Waals surface area contributed by atoms with E-state index in [1.807, 2.05) is 54.6 Å². The fraction of sp³-hybridized carbons (Fsp3) is 0. The lowest BCUT2D eigenvalue weighted by atomic mass is 10.1. The van der Waals surface area contributed by atoms with Crippen LogP contribution in [0.15, 0.2) is 177 Å². The van der Waals surface area contributed by atoms with Crippen molar-refractivity contribution in [3.63, 3.8) is 0 Å². The van der Waals surface area contributed by atoms with Gasteiger partial charge in [-0.05, 0) is 66.7 Å². The standard InChI is InChI=1S/C48H29N9O2/c1-3-8-40-34(6-1)36-14-10-30(24-42(36)55(40)46-28-49-20-22-51-46)58-32-12-16-38-39-17-13-33(27-45(39)57(44(38)26-32)48-53-18-5-19-54-48)59-31-11-15-37-35-7-2-4-9-41(35)56(43(37)25-31)47-29-50-21-23-52-47/h1-29H. The summed E-state index contributed by atoms with van der Waals surface area (Å²) in [6.45, 7) is 0. The van der Waals surface area contributed by atoms with Crippen molar-refractivity contribution in [1.29, 1.82) is 0 Å². The van der Waals surface area contributed by atoms with Gasteiger partial charge in [-0.2, -0.15) is 0 Å². The molecule has 278 valence electrons. The molecule has 12 aromatic rings. The largest absolute Gasteiger partial charge is 0.457 e. The third-order valence-corrected chi connectivity index (χ3v) is 10.8. The number of benzene rings is 6. The monoisotopic (exact) mass is 763 g/mol. The minimum Gasteiger partial charge on any atom is -0.457 e. The van der Waals surface area contributed by atoms with Gasteiger partial charge in [-0.3, -0.25) is 23.7 Å². The first-order chi connectivity index (χ1) is 29.2. The molecular formula is C48H29N9O2. The molecule has 6 aromatic heterocycles. The van der Waals surface area contributed by atoms with Crippen LogP contribution in [-0.4, -0.2) is 43.6 Å². The molecule has 11 nitrogen and oxygen atoms in total. The summed E-state index contributed by atoms with van der Waals surface area (Å²) in [6.07, 6.45) is 13.8. The zero-order valence-corrected chi connectivity index (χ0v) is 31.1. The highest BCUT2D eigenvalue weighted by molar-refractivity contribution is 6.11. The van der Waals surface area contributed by atoms with Crippen LogP contribution in [0.25, 0.3) is 83.0 Å². The van der Waals surface area contributed by atoms with Crippen LogP contribution in [-0.2, 0) is 0 Å². The van der Waals surface area contributed by atoms with Crippen LogP contribution in [0.1, 0.15) is 0 Å². The molecule has 0 bridgehead atoms. The molecule has 0 fully saturated rings. The predicted octanol–water partition coefficient (Wildman–Crippen LogP) is 10.9. The first-order valence-corrected chi connectivity index (χ1v) is 19.1. The quantitative estimate of drug-likeness (QED) is 0.158. The van der Waals surface area contributed by atoms with Crippen molar-refractivity contribution in [2.24, 2.45) is 0 Å². The first kappa shape index (κ1) is 32.8. The van der Waals surface area contributed by atoms with E-state index in [-0.39, 0.29) is 0 Å². The van der Waals surface area contributed by atoms with Crippen molar-refractivity contribution >= 4 is 65.4 Å². The van der Waals surface area contributed by atoms with E-state index in [9.17, 15) is 0 Å². The van der Waals surface area contributed by atoms with Gasteiger partial charge in [0.15, 0.2) is 11.6 Å². The van der Waals surface area contributed by atoms with Gasteiger partial charge in [0.25, 0.3) is 0 Å². The Morgan fingerprint density at radius 1 is 0.322 bits per heavy atom.